The molecule has 1 aliphatic rings. The normalized spacial score (nSPS) is 26.9. The topological polar surface area (TPSA) is 38.3 Å². The van der Waals surface area contributed by atoms with E-state index < -0.39 is 5.60 Å². The van der Waals surface area contributed by atoms with Crippen LogP contribution in [0.1, 0.15) is 47.0 Å². The Morgan fingerprint density at radius 1 is 1.41 bits per heavy atom. The van der Waals surface area contributed by atoms with Crippen molar-refractivity contribution in [2.24, 2.45) is 0 Å². The van der Waals surface area contributed by atoms with E-state index in [1.807, 2.05) is 39.5 Å². The van der Waals surface area contributed by atoms with Crippen LogP contribution in [-0.2, 0) is 9.53 Å². The molecule has 17 heavy (non-hydrogen) atoms. The predicted octanol–water partition coefficient (Wildman–Crippen LogP) is 2.59. The molecule has 1 N–H and O–H groups in total. The third-order valence-electron chi connectivity index (χ3n) is 2.98. The average molecular weight is 259 g/mol. The van der Waals surface area contributed by atoms with Gasteiger partial charge >= 0.3 is 5.97 Å². The highest BCUT2D eigenvalue weighted by Crippen LogP contribution is 2.28. The number of rotatable bonds is 4. The van der Waals surface area contributed by atoms with Crippen LogP contribution in [0.3, 0.4) is 0 Å². The van der Waals surface area contributed by atoms with E-state index in [4.69, 9.17) is 4.74 Å². The third kappa shape index (κ3) is 4.88. The summed E-state index contributed by atoms with van der Waals surface area (Å²) in [5.41, 5.74) is -0.401. The summed E-state index contributed by atoms with van der Waals surface area (Å²) in [5.74, 6) is -0.149. The van der Waals surface area contributed by atoms with Crippen molar-refractivity contribution < 1.29 is 9.53 Å². The number of thioether (sulfide) groups is 1. The molecular formula is C13H25NO2S. The first-order chi connectivity index (χ1) is 7.83. The molecule has 0 heterocycles. The van der Waals surface area contributed by atoms with Crippen LogP contribution in [0.5, 0.6) is 0 Å². The van der Waals surface area contributed by atoms with Crippen LogP contribution >= 0.6 is 11.8 Å². The van der Waals surface area contributed by atoms with Crippen molar-refractivity contribution in [2.45, 2.75) is 69.9 Å². The number of carbonyl (C=O) groups is 1. The van der Waals surface area contributed by atoms with Gasteiger partial charge in [-0.2, -0.15) is 11.8 Å². The maximum absolute atomic E-state index is 11.8. The number of nitrogens with one attached hydrogen (secondary N) is 1. The maximum atomic E-state index is 11.8. The van der Waals surface area contributed by atoms with Gasteiger partial charge in [0, 0.05) is 11.3 Å². The Morgan fingerprint density at radius 3 is 2.59 bits per heavy atom. The SMILES string of the molecule is CSC1CCCC1NC(C)C(=O)OC(C)(C)C. The van der Waals surface area contributed by atoms with Gasteiger partial charge in [0.1, 0.15) is 11.6 Å². The lowest BCUT2D eigenvalue weighted by molar-refractivity contribution is -0.157. The molecule has 3 atom stereocenters. The lowest BCUT2D eigenvalue weighted by Crippen LogP contribution is -2.46. The molecule has 0 saturated heterocycles. The van der Waals surface area contributed by atoms with Gasteiger partial charge in [0.25, 0.3) is 0 Å². The van der Waals surface area contributed by atoms with Crippen LogP contribution in [0.25, 0.3) is 0 Å². The summed E-state index contributed by atoms with van der Waals surface area (Å²) in [6.07, 6.45) is 5.81. The summed E-state index contributed by atoms with van der Waals surface area (Å²) in [6.45, 7) is 7.59. The van der Waals surface area contributed by atoms with Crippen LogP contribution in [0.2, 0.25) is 0 Å². The van der Waals surface area contributed by atoms with Crippen LogP contribution in [0, 0.1) is 0 Å². The summed E-state index contributed by atoms with van der Waals surface area (Å²) in [6, 6.07) is 0.236. The quantitative estimate of drug-likeness (QED) is 0.788. The minimum Gasteiger partial charge on any atom is -0.459 e. The van der Waals surface area contributed by atoms with Gasteiger partial charge in [-0.1, -0.05) is 6.42 Å². The zero-order valence-electron chi connectivity index (χ0n) is 11.6. The highest BCUT2D eigenvalue weighted by molar-refractivity contribution is 7.99. The number of carbonyl (C=O) groups excluding carboxylic acids is 1. The molecule has 1 fully saturated rings. The molecule has 3 nitrogen and oxygen atoms in total. The Labute approximate surface area is 109 Å². The first-order valence-electron chi connectivity index (χ1n) is 6.35. The van der Waals surface area contributed by atoms with E-state index >= 15 is 0 Å². The Balaban J connectivity index is 2.43. The highest BCUT2D eigenvalue weighted by Gasteiger charge is 2.30. The first-order valence-corrected chi connectivity index (χ1v) is 7.64. The molecule has 4 heteroatoms. The fraction of sp³-hybridized carbons (Fsp3) is 0.923. The smallest absolute Gasteiger partial charge is 0.323 e. The number of hydrogen-bond donors (Lipinski definition) is 1. The summed E-state index contributed by atoms with van der Waals surface area (Å²) in [4.78, 5) is 11.8. The zero-order valence-corrected chi connectivity index (χ0v) is 12.4. The molecule has 0 radical (unpaired) electrons. The fourth-order valence-electron chi connectivity index (χ4n) is 2.18. The molecule has 100 valence electrons. The maximum Gasteiger partial charge on any atom is 0.323 e. The first kappa shape index (κ1) is 14.8. The summed E-state index contributed by atoms with van der Waals surface area (Å²) >= 11 is 1.89. The fourth-order valence-corrected chi connectivity index (χ4v) is 3.12. The van der Waals surface area contributed by atoms with E-state index in [0.29, 0.717) is 11.3 Å². The van der Waals surface area contributed by atoms with Crippen molar-refractivity contribution in [3.05, 3.63) is 0 Å². The van der Waals surface area contributed by atoms with Crippen molar-refractivity contribution in [2.75, 3.05) is 6.26 Å². The largest absolute Gasteiger partial charge is 0.459 e. The average Bonchev–Trinajstić information content (AvgIpc) is 2.62. The molecule has 0 spiro atoms. The van der Waals surface area contributed by atoms with Crippen molar-refractivity contribution >= 4 is 17.7 Å². The van der Waals surface area contributed by atoms with E-state index in [-0.39, 0.29) is 12.0 Å². The van der Waals surface area contributed by atoms with Gasteiger partial charge in [-0.05, 0) is 46.8 Å². The molecule has 0 aliphatic heterocycles. The van der Waals surface area contributed by atoms with E-state index in [1.165, 1.54) is 19.3 Å². The van der Waals surface area contributed by atoms with E-state index in [2.05, 4.69) is 11.6 Å². The Morgan fingerprint density at radius 2 is 2.06 bits per heavy atom. The van der Waals surface area contributed by atoms with Crippen LogP contribution in [0.15, 0.2) is 0 Å². The Hall–Kier alpha value is -0.220. The van der Waals surface area contributed by atoms with Crippen molar-refractivity contribution in [3.8, 4) is 0 Å². The molecule has 0 bridgehead atoms. The number of esters is 1. The van der Waals surface area contributed by atoms with Crippen molar-refractivity contribution in [1.82, 2.24) is 5.32 Å². The molecule has 0 aromatic heterocycles. The molecule has 1 saturated carbocycles. The monoisotopic (exact) mass is 259 g/mol. The van der Waals surface area contributed by atoms with Crippen molar-refractivity contribution in [3.63, 3.8) is 0 Å². The van der Waals surface area contributed by atoms with Gasteiger partial charge in [0.05, 0.1) is 0 Å². The summed E-state index contributed by atoms with van der Waals surface area (Å²) in [7, 11) is 0. The third-order valence-corrected chi connectivity index (χ3v) is 4.15. The lowest BCUT2D eigenvalue weighted by Gasteiger charge is -2.26. The van der Waals surface area contributed by atoms with Gasteiger partial charge in [-0.15, -0.1) is 0 Å². The standard InChI is InChI=1S/C13H25NO2S/c1-9(12(15)16-13(2,3)4)14-10-7-6-8-11(10)17-5/h9-11,14H,6-8H2,1-5H3. The predicted molar refractivity (Wildman–Crippen MR) is 73.4 cm³/mol. The van der Waals surface area contributed by atoms with E-state index in [1.54, 1.807) is 0 Å². The van der Waals surface area contributed by atoms with E-state index in [0.717, 1.165) is 0 Å². The minimum absolute atomic E-state index is 0.149. The van der Waals surface area contributed by atoms with Crippen LogP contribution in [-0.4, -0.2) is 35.2 Å². The second-order valence-corrected chi connectivity index (χ2v) is 6.81. The van der Waals surface area contributed by atoms with Gasteiger partial charge < -0.3 is 10.1 Å². The number of hydrogen-bond acceptors (Lipinski definition) is 4. The Kier molecular flexibility index (Phi) is 5.32. The second kappa shape index (κ2) is 6.10. The summed E-state index contributed by atoms with van der Waals surface area (Å²) < 4.78 is 5.37. The van der Waals surface area contributed by atoms with Crippen LogP contribution in [0.4, 0.5) is 0 Å². The molecule has 0 aromatic carbocycles. The minimum atomic E-state index is -0.401. The zero-order chi connectivity index (χ0) is 13.1. The molecule has 1 rings (SSSR count). The second-order valence-electron chi connectivity index (χ2n) is 5.73. The lowest BCUT2D eigenvalue weighted by atomic mass is 10.2. The van der Waals surface area contributed by atoms with Crippen LogP contribution < -0.4 is 5.32 Å². The number of ether oxygens (including phenoxy) is 1. The molecule has 3 unspecified atom stereocenters. The molecular weight excluding hydrogens is 234 g/mol. The summed E-state index contributed by atoms with van der Waals surface area (Å²) in [5, 5.41) is 4.05. The van der Waals surface area contributed by atoms with E-state index in [9.17, 15) is 4.79 Å². The molecule has 0 amide bonds. The van der Waals surface area contributed by atoms with Gasteiger partial charge in [-0.25, -0.2) is 0 Å². The molecule has 0 aromatic rings. The Bertz CT molecular complexity index is 263. The molecule has 1 aliphatic carbocycles. The van der Waals surface area contributed by atoms with Gasteiger partial charge in [0.2, 0.25) is 0 Å². The van der Waals surface area contributed by atoms with Gasteiger partial charge in [-0.3, -0.25) is 4.79 Å². The van der Waals surface area contributed by atoms with Gasteiger partial charge in [0.15, 0.2) is 0 Å². The highest BCUT2D eigenvalue weighted by atomic mass is 32.2. The van der Waals surface area contributed by atoms with Crippen molar-refractivity contribution in [1.29, 1.82) is 0 Å².